The average molecular weight is 631 g/mol. The van der Waals surface area contributed by atoms with Crippen LogP contribution in [0.2, 0.25) is 0 Å². The number of anilines is 1. The average Bonchev–Trinajstić information content (AvgIpc) is 3.51. The van der Waals surface area contributed by atoms with Crippen molar-refractivity contribution in [3.63, 3.8) is 0 Å². The molecule has 0 spiro atoms. The van der Waals surface area contributed by atoms with Crippen LogP contribution < -0.4 is 15.1 Å². The first-order valence-corrected chi connectivity index (χ1v) is 15.6. The van der Waals surface area contributed by atoms with Gasteiger partial charge in [0.2, 0.25) is 0 Å². The van der Waals surface area contributed by atoms with E-state index in [1.165, 1.54) is 24.3 Å². The molecule has 5 atom stereocenters. The van der Waals surface area contributed by atoms with E-state index in [1.54, 1.807) is 30.3 Å². The van der Waals surface area contributed by atoms with Crippen LogP contribution >= 0.6 is 24.2 Å². The minimum atomic E-state index is -5.23. The minimum Gasteiger partial charge on any atom is -0.756 e. The number of aromatic nitrogens is 4. The molecule has 1 aromatic carbocycles. The number of nitrogens with zero attached hydrogens (tertiary/aromatic N) is 4. The maximum absolute atomic E-state index is 12.6. The lowest BCUT2D eigenvalue weighted by molar-refractivity contribution is -0.240. The van der Waals surface area contributed by atoms with E-state index in [4.69, 9.17) is 18.7 Å². The number of rotatable bonds is 9. The molecule has 41 heavy (non-hydrogen) atoms. The molecule has 1 amide bonds. The van der Waals surface area contributed by atoms with Gasteiger partial charge in [-0.15, -0.1) is 0 Å². The van der Waals surface area contributed by atoms with Crippen LogP contribution in [-0.4, -0.2) is 63.9 Å². The first kappa shape index (κ1) is 29.8. The fourth-order valence-electron chi connectivity index (χ4n) is 3.90. The molecular weight excluding hydrogens is 611 g/mol. The van der Waals surface area contributed by atoms with Gasteiger partial charge < -0.3 is 33.8 Å². The zero-order valence-electron chi connectivity index (χ0n) is 20.8. The Morgan fingerprint density at radius 3 is 2.59 bits per heavy atom. The van der Waals surface area contributed by atoms with Crippen molar-refractivity contribution < 1.29 is 60.2 Å². The summed E-state index contributed by atoms with van der Waals surface area (Å²) in [6.45, 7) is -0.872. The third-order valence-electron chi connectivity index (χ3n) is 5.54. The van der Waals surface area contributed by atoms with Gasteiger partial charge in [0, 0.05) is 19.1 Å². The van der Waals surface area contributed by atoms with Crippen molar-refractivity contribution in [2.24, 2.45) is 0 Å². The van der Waals surface area contributed by atoms with Gasteiger partial charge in [0.1, 0.15) is 31.4 Å². The lowest BCUT2D eigenvalue weighted by Crippen LogP contribution is -2.32. The van der Waals surface area contributed by atoms with E-state index in [0.29, 0.717) is 5.56 Å². The zero-order valence-corrected chi connectivity index (χ0v) is 23.5. The molecule has 2 aromatic heterocycles. The topological polar surface area (TPSA) is 235 Å². The van der Waals surface area contributed by atoms with Gasteiger partial charge in [-0.25, -0.2) is 32.7 Å². The van der Waals surface area contributed by atoms with Crippen LogP contribution in [0.1, 0.15) is 23.0 Å². The Morgan fingerprint density at radius 2 is 1.88 bits per heavy atom. The summed E-state index contributed by atoms with van der Waals surface area (Å²) >= 11 is 0. The summed E-state index contributed by atoms with van der Waals surface area (Å²) in [4.78, 5) is 60.6. The number of hydrogen-bond donors (Lipinski definition) is 1. The van der Waals surface area contributed by atoms with Crippen molar-refractivity contribution in [2.45, 2.75) is 24.9 Å². The monoisotopic (exact) mass is 631 g/mol. The summed E-state index contributed by atoms with van der Waals surface area (Å²) in [5.74, 6) is -0.999. The van der Waals surface area contributed by atoms with Gasteiger partial charge in [-0.3, -0.25) is 18.5 Å². The molecule has 2 saturated heterocycles. The van der Waals surface area contributed by atoms with Crippen molar-refractivity contribution in [2.75, 3.05) is 25.6 Å². The summed E-state index contributed by atoms with van der Waals surface area (Å²) < 4.78 is 58.7. The van der Waals surface area contributed by atoms with Gasteiger partial charge in [0.05, 0.1) is 12.9 Å². The third-order valence-corrected chi connectivity index (χ3v) is 10.2. The van der Waals surface area contributed by atoms with Crippen molar-refractivity contribution >= 4 is 53.1 Å². The van der Waals surface area contributed by atoms with Gasteiger partial charge >= 0.3 is 14.6 Å². The highest BCUT2D eigenvalue weighted by Crippen LogP contribution is 2.73. The molecule has 18 nitrogen and oxygen atoms in total. The number of esters is 1. The highest BCUT2D eigenvalue weighted by atomic mass is 31.3. The first-order valence-electron chi connectivity index (χ1n) is 11.6. The number of phosphoric acid groups is 2. The standard InChI is InChI=1S/C20H22N5O13P3/c1-32-9-16(26)35-13-7-15(34-14(13)8-33-39-36-40(28,29)38-41(30,31)37-39)25-11-23-17-18(21-10-22-19(17)25)24-20(27)12-5-3-2-4-6-12/h2-6,10-11,13-15H,7-9H2,1H3,(H,28,29)(H,30,31)(H,21,22,24,27)/p-2/t13-,14+,15+/m0/s1. The number of nitrogens with one attached hydrogen (secondary N) is 1. The van der Waals surface area contributed by atoms with E-state index in [9.17, 15) is 28.5 Å². The number of fused-ring (bicyclic) bond motifs is 1. The molecule has 5 rings (SSSR count). The molecule has 0 aliphatic carbocycles. The number of carbonyl (C=O) groups excluding carboxylic acids is 2. The van der Waals surface area contributed by atoms with Gasteiger partial charge in [0.25, 0.3) is 21.6 Å². The Balaban J connectivity index is 1.34. The number of benzene rings is 1. The smallest absolute Gasteiger partial charge is 0.346 e. The second-order valence-electron chi connectivity index (χ2n) is 8.35. The lowest BCUT2D eigenvalue weighted by Gasteiger charge is -2.38. The van der Waals surface area contributed by atoms with Crippen LogP contribution in [-0.2, 0) is 45.6 Å². The quantitative estimate of drug-likeness (QED) is 0.258. The minimum absolute atomic E-state index is 0.0491. The van der Waals surface area contributed by atoms with Crippen LogP contribution in [0.15, 0.2) is 43.0 Å². The fourth-order valence-corrected chi connectivity index (χ4v) is 8.00. The van der Waals surface area contributed by atoms with Crippen LogP contribution in [0.4, 0.5) is 5.82 Å². The summed E-state index contributed by atoms with van der Waals surface area (Å²) in [5, 5.41) is 2.69. The Hall–Kier alpha value is -2.72. The highest BCUT2D eigenvalue weighted by Gasteiger charge is 2.42. The number of carbonyl (C=O) groups is 2. The van der Waals surface area contributed by atoms with E-state index < -0.39 is 61.2 Å². The van der Waals surface area contributed by atoms with Crippen molar-refractivity contribution in [3.05, 3.63) is 48.5 Å². The molecular formula is C20H20N5O13P3-2. The summed E-state index contributed by atoms with van der Waals surface area (Å²) in [7, 11) is -12.1. The van der Waals surface area contributed by atoms with Crippen molar-refractivity contribution in [1.82, 2.24) is 19.5 Å². The van der Waals surface area contributed by atoms with Gasteiger partial charge in [0.15, 0.2) is 17.0 Å². The highest BCUT2D eigenvalue weighted by molar-refractivity contribution is 7.71. The summed E-state index contributed by atoms with van der Waals surface area (Å²) in [5.41, 5.74) is 0.928. The number of hydrogen-bond acceptors (Lipinski definition) is 16. The summed E-state index contributed by atoms with van der Waals surface area (Å²) in [6.07, 6.45) is -0.205. The lowest BCUT2D eigenvalue weighted by atomic mass is 10.2. The maximum Gasteiger partial charge on any atom is 0.346 e. The third kappa shape index (κ3) is 7.20. The Labute approximate surface area is 232 Å². The predicted octanol–water partition coefficient (Wildman–Crippen LogP) is 1.17. The van der Waals surface area contributed by atoms with Crippen molar-refractivity contribution in [3.8, 4) is 0 Å². The molecule has 2 fully saturated rings. The second kappa shape index (κ2) is 12.3. The first-order chi connectivity index (χ1) is 19.5. The molecule has 220 valence electrons. The van der Waals surface area contributed by atoms with Crippen LogP contribution in [0.25, 0.3) is 11.2 Å². The number of methoxy groups -OCH3 is 1. The predicted molar refractivity (Wildman–Crippen MR) is 131 cm³/mol. The molecule has 1 N–H and O–H groups in total. The Bertz CT molecular complexity index is 1500. The number of ether oxygens (including phenoxy) is 3. The van der Waals surface area contributed by atoms with E-state index in [-0.39, 0.29) is 30.0 Å². The van der Waals surface area contributed by atoms with Gasteiger partial charge in [-0.2, -0.15) is 0 Å². The van der Waals surface area contributed by atoms with Crippen molar-refractivity contribution in [1.29, 1.82) is 0 Å². The Kier molecular flexibility index (Phi) is 8.90. The van der Waals surface area contributed by atoms with E-state index in [2.05, 4.69) is 33.2 Å². The molecule has 0 bridgehead atoms. The fraction of sp³-hybridized carbons (Fsp3) is 0.350. The van der Waals surface area contributed by atoms with E-state index in [0.717, 1.165) is 0 Å². The largest absolute Gasteiger partial charge is 0.756 e. The molecule has 4 heterocycles. The van der Waals surface area contributed by atoms with Crippen LogP contribution in [0.5, 0.6) is 0 Å². The van der Waals surface area contributed by atoms with E-state index in [1.807, 2.05) is 0 Å². The molecule has 2 aliphatic heterocycles. The molecule has 21 heteroatoms. The molecule has 0 saturated carbocycles. The molecule has 3 aromatic rings. The number of imidazole rings is 1. The molecule has 2 unspecified atom stereocenters. The Morgan fingerprint density at radius 1 is 1.15 bits per heavy atom. The number of amides is 1. The zero-order chi connectivity index (χ0) is 29.2. The normalized spacial score (nSPS) is 29.8. The van der Waals surface area contributed by atoms with E-state index >= 15 is 0 Å². The SMILES string of the molecule is COCC(=O)O[C@H]1C[C@H](n2cnc3c(NC(=O)c4ccccc4)ncnc32)O[C@@H]1COP1OP(=O)([O-])OP(=O)([O-])O1. The molecule has 0 radical (unpaired) electrons. The van der Waals surface area contributed by atoms with Crippen LogP contribution in [0.3, 0.4) is 0 Å². The van der Waals surface area contributed by atoms with Crippen LogP contribution in [0, 0.1) is 0 Å². The van der Waals surface area contributed by atoms with Gasteiger partial charge in [-0.05, 0) is 12.1 Å². The van der Waals surface area contributed by atoms with Gasteiger partial charge in [-0.1, -0.05) is 18.2 Å². The molecule has 2 aliphatic rings. The second-order valence-corrected chi connectivity index (χ2v) is 12.8. The summed E-state index contributed by atoms with van der Waals surface area (Å²) in [6, 6.07) is 8.47. The maximum atomic E-state index is 12.6.